The van der Waals surface area contributed by atoms with Crippen LogP contribution in [0.4, 0.5) is 5.69 Å². The number of nitrogens with one attached hydrogen (secondary N) is 1. The molecule has 0 heterocycles. The summed E-state index contributed by atoms with van der Waals surface area (Å²) in [5.41, 5.74) is 1.28. The largest absolute Gasteiger partial charge is 0.497 e. The number of anilines is 1. The van der Waals surface area contributed by atoms with Crippen molar-refractivity contribution in [1.82, 2.24) is 0 Å². The van der Waals surface area contributed by atoms with Crippen LogP contribution in [0.1, 0.15) is 22.8 Å². The molecule has 1 N–H and O–H groups in total. The summed E-state index contributed by atoms with van der Waals surface area (Å²) >= 11 is 0. The molecule has 0 aliphatic rings. The molecule has 29 heavy (non-hydrogen) atoms. The van der Waals surface area contributed by atoms with Gasteiger partial charge in [-0.1, -0.05) is 18.2 Å². The minimum absolute atomic E-state index is 0.0696. The minimum atomic E-state index is -0.579. The molecule has 0 radical (unpaired) electrons. The van der Waals surface area contributed by atoms with Crippen LogP contribution >= 0.6 is 0 Å². The molecule has 0 aromatic heterocycles. The van der Waals surface area contributed by atoms with Gasteiger partial charge in [-0.3, -0.25) is 4.79 Å². The van der Waals surface area contributed by atoms with Gasteiger partial charge in [0.15, 0.2) is 0 Å². The maximum Gasteiger partial charge on any atom is 0.338 e. The van der Waals surface area contributed by atoms with Crippen molar-refractivity contribution < 1.29 is 23.8 Å². The lowest BCUT2D eigenvalue weighted by Gasteiger charge is -2.08. The Morgan fingerprint density at radius 2 is 1.90 bits per heavy atom. The van der Waals surface area contributed by atoms with Gasteiger partial charge in [0.2, 0.25) is 0 Å². The van der Waals surface area contributed by atoms with Crippen LogP contribution < -0.4 is 10.1 Å². The zero-order valence-electron chi connectivity index (χ0n) is 16.3. The summed E-state index contributed by atoms with van der Waals surface area (Å²) in [6.07, 6.45) is 1.47. The lowest BCUT2D eigenvalue weighted by atomic mass is 10.1. The number of methoxy groups -OCH3 is 1. The van der Waals surface area contributed by atoms with E-state index in [4.69, 9.17) is 14.2 Å². The predicted octanol–water partition coefficient (Wildman–Crippen LogP) is 3.43. The highest BCUT2D eigenvalue weighted by Gasteiger charge is 2.12. The molecule has 150 valence electrons. The van der Waals surface area contributed by atoms with E-state index in [-0.39, 0.29) is 17.7 Å². The fourth-order valence-corrected chi connectivity index (χ4v) is 2.36. The topological polar surface area (TPSA) is 97.6 Å². The number of carbonyl (C=O) groups is 2. The summed E-state index contributed by atoms with van der Waals surface area (Å²) in [7, 11) is 1.56. The molecule has 2 aromatic rings. The van der Waals surface area contributed by atoms with Crippen molar-refractivity contribution in [2.45, 2.75) is 6.92 Å². The molecule has 2 aromatic carbocycles. The van der Waals surface area contributed by atoms with Gasteiger partial charge in [0.05, 0.1) is 19.3 Å². The smallest absolute Gasteiger partial charge is 0.338 e. The summed E-state index contributed by atoms with van der Waals surface area (Å²) in [5, 5.41) is 12.0. The molecule has 1 amide bonds. The lowest BCUT2D eigenvalue weighted by Crippen LogP contribution is -2.15. The monoisotopic (exact) mass is 394 g/mol. The molecule has 0 saturated carbocycles. The van der Waals surface area contributed by atoms with Gasteiger partial charge < -0.3 is 19.5 Å². The maximum atomic E-state index is 12.4. The van der Waals surface area contributed by atoms with Crippen molar-refractivity contribution >= 4 is 23.6 Å². The van der Waals surface area contributed by atoms with Gasteiger partial charge in [-0.2, -0.15) is 5.26 Å². The number of rotatable bonds is 9. The maximum absolute atomic E-state index is 12.4. The third-order valence-corrected chi connectivity index (χ3v) is 3.81. The summed E-state index contributed by atoms with van der Waals surface area (Å²) in [6.45, 7) is 2.86. The van der Waals surface area contributed by atoms with E-state index in [0.29, 0.717) is 30.2 Å². The van der Waals surface area contributed by atoms with E-state index in [1.807, 2.05) is 13.0 Å². The number of ether oxygens (including phenoxy) is 3. The van der Waals surface area contributed by atoms with Gasteiger partial charge in [-0.15, -0.1) is 0 Å². The number of hydrogen-bond acceptors (Lipinski definition) is 6. The number of amides is 1. The van der Waals surface area contributed by atoms with Crippen LogP contribution in [0.2, 0.25) is 0 Å². The predicted molar refractivity (Wildman–Crippen MR) is 108 cm³/mol. The van der Waals surface area contributed by atoms with Gasteiger partial charge in [-0.05, 0) is 48.9 Å². The fourth-order valence-electron chi connectivity index (χ4n) is 2.36. The van der Waals surface area contributed by atoms with Crippen LogP contribution in [0.15, 0.2) is 54.1 Å². The first-order chi connectivity index (χ1) is 14.1. The first kappa shape index (κ1) is 21.7. The number of hydrogen-bond donors (Lipinski definition) is 1. The van der Waals surface area contributed by atoms with Crippen LogP contribution in [0.25, 0.3) is 6.08 Å². The molecule has 0 aliphatic heterocycles. The SMILES string of the molecule is CCOCCOC(=O)c1cccc(NC(=O)/C(C#N)=C/c2ccc(OC)cc2)c1. The van der Waals surface area contributed by atoms with E-state index >= 15 is 0 Å². The molecule has 0 spiro atoms. The molecule has 0 fully saturated rings. The highest BCUT2D eigenvalue weighted by Crippen LogP contribution is 2.16. The molecule has 0 atom stereocenters. The Morgan fingerprint density at radius 1 is 1.14 bits per heavy atom. The van der Waals surface area contributed by atoms with Crippen LogP contribution in [-0.4, -0.2) is 38.8 Å². The van der Waals surface area contributed by atoms with E-state index in [9.17, 15) is 14.9 Å². The van der Waals surface area contributed by atoms with E-state index in [1.54, 1.807) is 49.6 Å². The van der Waals surface area contributed by atoms with Gasteiger partial charge in [0, 0.05) is 12.3 Å². The van der Waals surface area contributed by atoms with E-state index in [2.05, 4.69) is 5.32 Å². The zero-order valence-corrected chi connectivity index (χ0v) is 16.3. The first-order valence-corrected chi connectivity index (χ1v) is 8.99. The third-order valence-electron chi connectivity index (χ3n) is 3.81. The Labute approximate surface area is 169 Å². The average Bonchev–Trinajstić information content (AvgIpc) is 2.75. The van der Waals surface area contributed by atoms with Crippen molar-refractivity contribution in [3.8, 4) is 11.8 Å². The van der Waals surface area contributed by atoms with Crippen LogP contribution in [0, 0.1) is 11.3 Å². The molecule has 0 aliphatic carbocycles. The molecule has 0 unspecified atom stereocenters. The van der Waals surface area contributed by atoms with Crippen molar-refractivity contribution in [1.29, 1.82) is 5.26 Å². The summed E-state index contributed by atoms with van der Waals surface area (Å²) in [6, 6.07) is 15.1. The normalized spacial score (nSPS) is 10.7. The van der Waals surface area contributed by atoms with Crippen LogP contribution in [0.3, 0.4) is 0 Å². The standard InChI is InChI=1S/C22H22N2O5/c1-3-28-11-12-29-22(26)17-5-4-6-19(14-17)24-21(25)18(15-23)13-16-7-9-20(27-2)10-8-16/h4-10,13-14H,3,11-12H2,1-2H3,(H,24,25)/b18-13+. The molecular weight excluding hydrogens is 372 g/mol. The van der Waals surface area contributed by atoms with E-state index in [0.717, 1.165) is 0 Å². The van der Waals surface area contributed by atoms with Crippen molar-refractivity contribution in [2.24, 2.45) is 0 Å². The Kier molecular flexibility index (Phi) is 8.42. The Morgan fingerprint density at radius 3 is 2.55 bits per heavy atom. The van der Waals surface area contributed by atoms with Crippen molar-refractivity contribution in [3.63, 3.8) is 0 Å². The third kappa shape index (κ3) is 6.79. The summed E-state index contributed by atoms with van der Waals surface area (Å²) < 4.78 is 15.3. The van der Waals surface area contributed by atoms with Crippen LogP contribution in [-0.2, 0) is 14.3 Å². The molecule has 0 saturated heterocycles. The fraction of sp³-hybridized carbons (Fsp3) is 0.227. The molecular formula is C22H22N2O5. The van der Waals surface area contributed by atoms with Crippen molar-refractivity contribution in [3.05, 3.63) is 65.2 Å². The Balaban J connectivity index is 2.05. The minimum Gasteiger partial charge on any atom is -0.497 e. The van der Waals surface area contributed by atoms with Gasteiger partial charge in [0.1, 0.15) is 24.0 Å². The number of benzene rings is 2. The second-order valence-corrected chi connectivity index (χ2v) is 5.81. The Bertz CT molecular complexity index is 914. The van der Waals surface area contributed by atoms with E-state index in [1.165, 1.54) is 12.1 Å². The van der Waals surface area contributed by atoms with Crippen molar-refractivity contribution in [2.75, 3.05) is 32.2 Å². The molecule has 2 rings (SSSR count). The zero-order chi connectivity index (χ0) is 21.1. The number of nitrogens with zero attached hydrogens (tertiary/aromatic N) is 1. The molecule has 7 heteroatoms. The van der Waals surface area contributed by atoms with Gasteiger partial charge in [0.25, 0.3) is 5.91 Å². The highest BCUT2D eigenvalue weighted by molar-refractivity contribution is 6.10. The lowest BCUT2D eigenvalue weighted by molar-refractivity contribution is -0.112. The van der Waals surface area contributed by atoms with Gasteiger partial charge >= 0.3 is 5.97 Å². The number of nitriles is 1. The second kappa shape index (κ2) is 11.3. The van der Waals surface area contributed by atoms with Crippen LogP contribution in [0.5, 0.6) is 5.75 Å². The van der Waals surface area contributed by atoms with Gasteiger partial charge in [-0.25, -0.2) is 4.79 Å². The molecule has 7 nitrogen and oxygen atoms in total. The first-order valence-electron chi connectivity index (χ1n) is 8.99. The second-order valence-electron chi connectivity index (χ2n) is 5.81. The average molecular weight is 394 g/mol. The quantitative estimate of drug-likeness (QED) is 0.303. The molecule has 0 bridgehead atoms. The number of carbonyl (C=O) groups excluding carboxylic acids is 2. The summed E-state index contributed by atoms with van der Waals surface area (Å²) in [5.74, 6) is -0.421. The van der Waals surface area contributed by atoms with E-state index < -0.39 is 11.9 Å². The Hall–Kier alpha value is -3.63. The number of esters is 1. The summed E-state index contributed by atoms with van der Waals surface area (Å²) in [4.78, 5) is 24.5. The highest BCUT2D eigenvalue weighted by atomic mass is 16.6.